The molecule has 0 radical (unpaired) electrons. The van der Waals surface area contributed by atoms with Crippen LogP contribution in [0.5, 0.6) is 0 Å². The van der Waals surface area contributed by atoms with Crippen LogP contribution in [0.3, 0.4) is 0 Å². The van der Waals surface area contributed by atoms with Crippen molar-refractivity contribution >= 4 is 38.6 Å². The van der Waals surface area contributed by atoms with Crippen LogP contribution in [-0.4, -0.2) is 69.9 Å². The van der Waals surface area contributed by atoms with Crippen molar-refractivity contribution < 1.29 is 13.2 Å². The molecule has 1 saturated heterocycles. The average molecular weight is 471 g/mol. The minimum absolute atomic E-state index is 0.195. The lowest BCUT2D eigenvalue weighted by atomic mass is 10.1. The third-order valence-electron chi connectivity index (χ3n) is 5.56. The Morgan fingerprint density at radius 2 is 1.81 bits per heavy atom. The van der Waals surface area contributed by atoms with Crippen molar-refractivity contribution in [2.24, 2.45) is 0 Å². The molecular formula is C21H19ClN6O3S. The number of hydrogen-bond acceptors (Lipinski definition) is 5. The maximum Gasteiger partial charge on any atom is 0.257 e. The second-order valence-electron chi connectivity index (χ2n) is 7.41. The summed E-state index contributed by atoms with van der Waals surface area (Å²) < 4.78 is 27.8. The number of hydrogen-bond donors (Lipinski definition) is 2. The minimum Gasteiger partial charge on any atom is -0.345 e. The summed E-state index contributed by atoms with van der Waals surface area (Å²) >= 11 is 5.96. The molecule has 0 aliphatic carbocycles. The number of H-pyrrole nitrogens is 2. The van der Waals surface area contributed by atoms with E-state index < -0.39 is 10.0 Å². The van der Waals surface area contributed by atoms with Crippen LogP contribution in [0.25, 0.3) is 22.3 Å². The number of amides is 1. The van der Waals surface area contributed by atoms with Crippen LogP contribution in [0.1, 0.15) is 10.4 Å². The van der Waals surface area contributed by atoms with Gasteiger partial charge in [-0.15, -0.1) is 0 Å². The van der Waals surface area contributed by atoms with Gasteiger partial charge < -0.3 is 9.88 Å². The number of halogens is 1. The number of carbonyl (C=O) groups excluding carboxylic acids is 1. The number of nitrogens with zero attached hydrogens (tertiary/aromatic N) is 4. The number of aromatic amines is 2. The molecule has 0 bridgehead atoms. The van der Waals surface area contributed by atoms with Gasteiger partial charge in [-0.1, -0.05) is 23.7 Å². The summed E-state index contributed by atoms with van der Waals surface area (Å²) in [6.45, 7) is 0.970. The number of nitrogens with one attached hydrogen (secondary N) is 2. The van der Waals surface area contributed by atoms with Gasteiger partial charge in [0.15, 0.2) is 0 Å². The molecule has 0 spiro atoms. The first kappa shape index (κ1) is 20.7. The fourth-order valence-electron chi connectivity index (χ4n) is 3.87. The van der Waals surface area contributed by atoms with Gasteiger partial charge >= 0.3 is 0 Å². The summed E-state index contributed by atoms with van der Waals surface area (Å²) in [5.41, 5.74) is 2.36. The van der Waals surface area contributed by atoms with Crippen LogP contribution in [-0.2, 0) is 10.0 Å². The second-order valence-corrected chi connectivity index (χ2v) is 9.76. The molecule has 1 amide bonds. The van der Waals surface area contributed by atoms with Crippen LogP contribution in [0, 0.1) is 0 Å². The number of fused-ring (bicyclic) bond motifs is 1. The lowest BCUT2D eigenvalue weighted by Gasteiger charge is -2.33. The Balaban J connectivity index is 1.33. The minimum atomic E-state index is -3.71. The van der Waals surface area contributed by atoms with E-state index in [1.54, 1.807) is 35.4 Å². The molecule has 0 unspecified atom stereocenters. The highest BCUT2D eigenvalue weighted by atomic mass is 35.5. The van der Waals surface area contributed by atoms with Crippen LogP contribution in [0.15, 0.2) is 59.9 Å². The molecule has 11 heteroatoms. The molecule has 32 heavy (non-hydrogen) atoms. The molecule has 2 N–H and O–H groups in total. The highest BCUT2D eigenvalue weighted by Gasteiger charge is 2.33. The van der Waals surface area contributed by atoms with E-state index >= 15 is 0 Å². The van der Waals surface area contributed by atoms with Gasteiger partial charge in [-0.2, -0.15) is 9.40 Å². The molecule has 1 aromatic carbocycles. The molecule has 4 heterocycles. The standard InChI is InChI=1S/C21H19ClN6O3S/c22-15-5-3-14(4-6-15)19-17(12-25-26-19)21(29)27-8-10-28(11-9-27)32(30,31)18-13-24-20-16(18)2-1-7-23-20/h1-7,12-13H,8-11H2,(H,23,24)(H,25,26). The summed E-state index contributed by atoms with van der Waals surface area (Å²) in [6.07, 6.45) is 4.57. The number of rotatable bonds is 4. The zero-order valence-electron chi connectivity index (χ0n) is 16.8. The van der Waals surface area contributed by atoms with Gasteiger partial charge in [0.1, 0.15) is 10.5 Å². The Hall–Kier alpha value is -3.21. The lowest BCUT2D eigenvalue weighted by molar-refractivity contribution is 0.0699. The average Bonchev–Trinajstić information content (AvgIpc) is 3.47. The fourth-order valence-corrected chi connectivity index (χ4v) is 5.57. The zero-order chi connectivity index (χ0) is 22.3. The first-order chi connectivity index (χ1) is 15.4. The van der Waals surface area contributed by atoms with Crippen molar-refractivity contribution in [2.75, 3.05) is 26.2 Å². The Morgan fingerprint density at radius 3 is 2.56 bits per heavy atom. The Bertz CT molecular complexity index is 1390. The molecule has 1 aliphatic heterocycles. The number of pyridine rings is 1. The maximum atomic E-state index is 13.2. The van der Waals surface area contributed by atoms with E-state index in [9.17, 15) is 13.2 Å². The van der Waals surface area contributed by atoms with E-state index in [4.69, 9.17) is 11.6 Å². The number of sulfonamides is 1. The highest BCUT2D eigenvalue weighted by molar-refractivity contribution is 7.89. The third-order valence-corrected chi connectivity index (χ3v) is 7.75. The van der Waals surface area contributed by atoms with Crippen molar-refractivity contribution in [1.82, 2.24) is 29.4 Å². The first-order valence-electron chi connectivity index (χ1n) is 9.96. The molecular weight excluding hydrogens is 452 g/mol. The van der Waals surface area contributed by atoms with Gasteiger partial charge in [-0.05, 0) is 24.3 Å². The largest absolute Gasteiger partial charge is 0.345 e. The summed E-state index contributed by atoms with van der Waals surface area (Å²) in [6, 6.07) is 10.5. The van der Waals surface area contributed by atoms with E-state index in [-0.39, 0.29) is 37.0 Å². The smallest absolute Gasteiger partial charge is 0.257 e. The van der Waals surface area contributed by atoms with Gasteiger partial charge in [0.25, 0.3) is 5.91 Å². The van der Waals surface area contributed by atoms with Crippen LogP contribution in [0.2, 0.25) is 5.02 Å². The summed E-state index contributed by atoms with van der Waals surface area (Å²) in [7, 11) is -3.71. The lowest BCUT2D eigenvalue weighted by Crippen LogP contribution is -2.50. The van der Waals surface area contributed by atoms with Gasteiger partial charge in [0.2, 0.25) is 10.0 Å². The van der Waals surface area contributed by atoms with Gasteiger partial charge in [-0.3, -0.25) is 9.89 Å². The van der Waals surface area contributed by atoms with Crippen molar-refractivity contribution in [2.45, 2.75) is 4.90 Å². The SMILES string of the molecule is O=C(c1cn[nH]c1-c1ccc(Cl)cc1)N1CCN(S(=O)(=O)c2c[nH]c3ncccc23)CC1. The van der Waals surface area contributed by atoms with Crippen molar-refractivity contribution in [3.8, 4) is 11.3 Å². The third kappa shape index (κ3) is 3.56. The molecule has 3 aromatic heterocycles. The van der Waals surface area contributed by atoms with Crippen molar-refractivity contribution in [3.63, 3.8) is 0 Å². The van der Waals surface area contributed by atoms with E-state index in [0.29, 0.717) is 27.3 Å². The first-order valence-corrected chi connectivity index (χ1v) is 11.8. The van der Waals surface area contributed by atoms with Crippen LogP contribution >= 0.6 is 11.6 Å². The fraction of sp³-hybridized carbons (Fsp3) is 0.190. The Labute approximate surface area is 189 Å². The molecule has 0 atom stereocenters. The number of piperazine rings is 1. The topological polar surface area (TPSA) is 115 Å². The summed E-state index contributed by atoms with van der Waals surface area (Å²) in [5.74, 6) is -0.197. The Kier molecular flexibility index (Phi) is 5.20. The van der Waals surface area contributed by atoms with Crippen LogP contribution in [0.4, 0.5) is 0 Å². The van der Waals surface area contributed by atoms with Gasteiger partial charge in [-0.25, -0.2) is 13.4 Å². The maximum absolute atomic E-state index is 13.2. The molecule has 1 aliphatic rings. The summed E-state index contributed by atoms with van der Waals surface area (Å²) in [4.78, 5) is 22.0. The molecule has 164 valence electrons. The normalized spacial score (nSPS) is 15.3. The predicted octanol–water partition coefficient (Wildman–Crippen LogP) is 2.75. The van der Waals surface area contributed by atoms with E-state index in [2.05, 4.69) is 20.2 Å². The summed E-state index contributed by atoms with van der Waals surface area (Å²) in [5, 5.41) is 8.06. The van der Waals surface area contributed by atoms with E-state index in [0.717, 1.165) is 5.56 Å². The predicted molar refractivity (Wildman–Crippen MR) is 120 cm³/mol. The monoisotopic (exact) mass is 470 g/mol. The van der Waals surface area contributed by atoms with E-state index in [1.165, 1.54) is 16.7 Å². The highest BCUT2D eigenvalue weighted by Crippen LogP contribution is 2.27. The number of aromatic nitrogens is 4. The second kappa shape index (κ2) is 8.05. The van der Waals surface area contributed by atoms with E-state index in [1.807, 2.05) is 12.1 Å². The van der Waals surface area contributed by atoms with Gasteiger partial charge in [0.05, 0.1) is 17.5 Å². The van der Waals surface area contributed by atoms with Gasteiger partial charge in [0, 0.05) is 54.5 Å². The molecule has 1 fully saturated rings. The number of carbonyl (C=O) groups is 1. The Morgan fingerprint density at radius 1 is 1.06 bits per heavy atom. The quantitative estimate of drug-likeness (QED) is 0.476. The molecule has 0 saturated carbocycles. The van der Waals surface area contributed by atoms with Crippen molar-refractivity contribution in [1.29, 1.82) is 0 Å². The number of benzene rings is 1. The van der Waals surface area contributed by atoms with Crippen molar-refractivity contribution in [3.05, 3.63) is 65.6 Å². The van der Waals surface area contributed by atoms with Crippen LogP contribution < -0.4 is 0 Å². The molecule has 5 rings (SSSR count). The molecule has 4 aromatic rings. The zero-order valence-corrected chi connectivity index (χ0v) is 18.4. The molecule has 9 nitrogen and oxygen atoms in total.